The Bertz CT molecular complexity index is 1290. The van der Waals surface area contributed by atoms with Crippen molar-refractivity contribution in [3.8, 4) is 33.8 Å². The molecule has 222 valence electrons. The van der Waals surface area contributed by atoms with Gasteiger partial charge in [-0.1, -0.05) is 57.6 Å². The van der Waals surface area contributed by atoms with Gasteiger partial charge in [-0.3, -0.25) is 0 Å². The fourth-order valence-electron chi connectivity index (χ4n) is 5.43. The van der Waals surface area contributed by atoms with Crippen LogP contribution in [0, 0.1) is 29.3 Å². The predicted octanol–water partition coefficient (Wildman–Crippen LogP) is 10.7. The van der Waals surface area contributed by atoms with E-state index >= 15 is 0 Å². The first-order valence-electron chi connectivity index (χ1n) is 13.6. The van der Waals surface area contributed by atoms with Crippen LogP contribution in [0.1, 0.15) is 58.3 Å². The molecule has 0 saturated heterocycles. The lowest BCUT2D eigenvalue weighted by atomic mass is 9.78. The van der Waals surface area contributed by atoms with Crippen molar-refractivity contribution in [3.63, 3.8) is 0 Å². The van der Waals surface area contributed by atoms with Crippen molar-refractivity contribution in [3.05, 3.63) is 72.0 Å². The highest BCUT2D eigenvalue weighted by atomic mass is 19.4. The van der Waals surface area contributed by atoms with E-state index in [0.717, 1.165) is 93.1 Å². The highest BCUT2D eigenvalue weighted by molar-refractivity contribution is 5.72. The molecule has 0 aromatic heterocycles. The molecule has 3 aromatic rings. The van der Waals surface area contributed by atoms with Crippen molar-refractivity contribution in [2.24, 2.45) is 11.8 Å². The standard InChI is InChI=1S/C31H30F8O2/c1-2-3-19-4-6-20(7-5-19)14-15-30(35,36)40-24-12-13-25(26(32)18-24)22-16-27(33)29(28(34)17-22)21-8-10-23(11-9-21)41-31(37,38)39/h8-13,16-20H,2-7,14-15H2,1H3. The largest absolute Gasteiger partial charge is 0.573 e. The molecule has 3 aromatic carbocycles. The molecule has 0 unspecified atom stereocenters. The number of halogens is 8. The molecule has 1 fully saturated rings. The molecule has 0 amide bonds. The van der Waals surface area contributed by atoms with Gasteiger partial charge in [-0.05, 0) is 65.8 Å². The summed E-state index contributed by atoms with van der Waals surface area (Å²) in [4.78, 5) is 0. The van der Waals surface area contributed by atoms with Gasteiger partial charge in [0.05, 0.1) is 12.0 Å². The maximum atomic E-state index is 14.9. The third kappa shape index (κ3) is 8.36. The van der Waals surface area contributed by atoms with Crippen LogP contribution in [0.15, 0.2) is 54.6 Å². The first kappa shape index (κ1) is 30.7. The molecule has 1 aliphatic carbocycles. The molecular formula is C31H30F8O2. The molecule has 1 aliphatic rings. The van der Waals surface area contributed by atoms with Gasteiger partial charge in [0.2, 0.25) is 0 Å². The summed E-state index contributed by atoms with van der Waals surface area (Å²) in [6, 6.07) is 8.53. The van der Waals surface area contributed by atoms with Crippen LogP contribution in [0.25, 0.3) is 22.3 Å². The monoisotopic (exact) mass is 586 g/mol. The second-order valence-corrected chi connectivity index (χ2v) is 10.5. The van der Waals surface area contributed by atoms with Gasteiger partial charge in [-0.2, -0.15) is 8.78 Å². The third-order valence-electron chi connectivity index (χ3n) is 7.44. The Balaban J connectivity index is 1.42. The van der Waals surface area contributed by atoms with Crippen LogP contribution in [0.3, 0.4) is 0 Å². The number of hydrogen-bond donors (Lipinski definition) is 0. The summed E-state index contributed by atoms with van der Waals surface area (Å²) in [5.74, 6) is -3.33. The predicted molar refractivity (Wildman–Crippen MR) is 139 cm³/mol. The molecule has 1 saturated carbocycles. The Morgan fingerprint density at radius 2 is 1.22 bits per heavy atom. The number of ether oxygens (including phenoxy) is 2. The molecule has 0 bridgehead atoms. The van der Waals surface area contributed by atoms with Crippen LogP contribution in [-0.2, 0) is 0 Å². The number of rotatable bonds is 10. The van der Waals surface area contributed by atoms with E-state index in [1.165, 1.54) is 0 Å². The zero-order valence-corrected chi connectivity index (χ0v) is 22.3. The molecule has 2 nitrogen and oxygen atoms in total. The Morgan fingerprint density at radius 1 is 0.659 bits per heavy atom. The average molecular weight is 587 g/mol. The highest BCUT2D eigenvalue weighted by Gasteiger charge is 2.34. The number of hydrogen-bond acceptors (Lipinski definition) is 2. The molecule has 0 atom stereocenters. The summed E-state index contributed by atoms with van der Waals surface area (Å²) in [5.41, 5.74) is -1.05. The Hall–Kier alpha value is -3.30. The van der Waals surface area contributed by atoms with Gasteiger partial charge in [-0.15, -0.1) is 13.2 Å². The van der Waals surface area contributed by atoms with Crippen molar-refractivity contribution in [1.82, 2.24) is 0 Å². The van der Waals surface area contributed by atoms with Gasteiger partial charge < -0.3 is 9.47 Å². The van der Waals surface area contributed by atoms with Gasteiger partial charge in [0.25, 0.3) is 0 Å². The van der Waals surface area contributed by atoms with E-state index in [1.54, 1.807) is 0 Å². The summed E-state index contributed by atoms with van der Waals surface area (Å²) in [6.45, 7) is 2.14. The zero-order valence-electron chi connectivity index (χ0n) is 22.3. The summed E-state index contributed by atoms with van der Waals surface area (Å²) >= 11 is 0. The van der Waals surface area contributed by atoms with Gasteiger partial charge in [0.1, 0.15) is 29.0 Å². The maximum absolute atomic E-state index is 14.9. The maximum Gasteiger partial charge on any atom is 0.573 e. The molecule has 0 radical (unpaired) electrons. The van der Waals surface area contributed by atoms with E-state index in [4.69, 9.17) is 4.74 Å². The average Bonchev–Trinajstić information content (AvgIpc) is 2.88. The SMILES string of the molecule is CCCC1CCC(CCC(F)(F)Oc2ccc(-c3cc(F)c(-c4ccc(OC(F)(F)F)cc4)c(F)c3)c(F)c2)CC1. The lowest BCUT2D eigenvalue weighted by Crippen LogP contribution is -2.26. The van der Waals surface area contributed by atoms with Crippen LogP contribution in [0.2, 0.25) is 0 Å². The highest BCUT2D eigenvalue weighted by Crippen LogP contribution is 2.38. The van der Waals surface area contributed by atoms with E-state index in [2.05, 4.69) is 11.7 Å². The van der Waals surface area contributed by atoms with Crippen molar-refractivity contribution >= 4 is 0 Å². The van der Waals surface area contributed by atoms with Crippen molar-refractivity contribution in [1.29, 1.82) is 0 Å². The topological polar surface area (TPSA) is 18.5 Å². The minimum absolute atomic E-state index is 0.0680. The third-order valence-corrected chi connectivity index (χ3v) is 7.44. The van der Waals surface area contributed by atoms with Gasteiger partial charge >= 0.3 is 12.5 Å². The quantitative estimate of drug-likeness (QED) is 0.220. The molecule has 0 aliphatic heterocycles. The minimum Gasteiger partial charge on any atom is -0.432 e. The van der Waals surface area contributed by atoms with Gasteiger partial charge in [-0.25, -0.2) is 13.2 Å². The van der Waals surface area contributed by atoms with Crippen LogP contribution in [0.5, 0.6) is 11.5 Å². The molecule has 4 rings (SSSR count). The van der Waals surface area contributed by atoms with Crippen LogP contribution in [-0.4, -0.2) is 12.5 Å². The molecule has 0 spiro atoms. The molecule has 0 heterocycles. The fourth-order valence-corrected chi connectivity index (χ4v) is 5.43. The van der Waals surface area contributed by atoms with E-state index in [1.807, 2.05) is 0 Å². The molecule has 0 N–H and O–H groups in total. The second-order valence-electron chi connectivity index (χ2n) is 10.5. The van der Waals surface area contributed by atoms with E-state index in [0.29, 0.717) is 12.3 Å². The van der Waals surface area contributed by atoms with E-state index < -0.39 is 53.4 Å². The molecule has 41 heavy (non-hydrogen) atoms. The van der Waals surface area contributed by atoms with Gasteiger partial charge in [0, 0.05) is 11.6 Å². The minimum atomic E-state index is -4.92. The summed E-state index contributed by atoms with van der Waals surface area (Å²) in [5, 5.41) is 0. The van der Waals surface area contributed by atoms with E-state index in [-0.39, 0.29) is 22.6 Å². The summed E-state index contributed by atoms with van der Waals surface area (Å²) in [6.07, 6.45) is -2.44. The normalized spacial score (nSPS) is 17.9. The van der Waals surface area contributed by atoms with Crippen LogP contribution in [0.4, 0.5) is 35.1 Å². The van der Waals surface area contributed by atoms with Crippen molar-refractivity contribution in [2.75, 3.05) is 0 Å². The lowest BCUT2D eigenvalue weighted by Gasteiger charge is -2.29. The molecular weight excluding hydrogens is 556 g/mol. The Kier molecular flexibility index (Phi) is 9.49. The van der Waals surface area contributed by atoms with Crippen molar-refractivity contribution < 1.29 is 44.6 Å². The van der Waals surface area contributed by atoms with Crippen LogP contribution >= 0.6 is 0 Å². The smallest absolute Gasteiger partial charge is 0.432 e. The van der Waals surface area contributed by atoms with Gasteiger partial charge in [0.15, 0.2) is 0 Å². The molecule has 10 heteroatoms. The Morgan fingerprint density at radius 3 is 1.76 bits per heavy atom. The summed E-state index contributed by atoms with van der Waals surface area (Å²) in [7, 11) is 0. The zero-order chi connectivity index (χ0) is 29.8. The van der Waals surface area contributed by atoms with Crippen molar-refractivity contribution in [2.45, 2.75) is 70.8 Å². The van der Waals surface area contributed by atoms with E-state index in [9.17, 15) is 35.1 Å². The lowest BCUT2D eigenvalue weighted by molar-refractivity contribution is -0.274. The number of alkyl halides is 5. The Labute approximate surface area is 233 Å². The number of benzene rings is 3. The fraction of sp³-hybridized carbons (Fsp3) is 0.419. The first-order chi connectivity index (χ1) is 19.3. The van der Waals surface area contributed by atoms with Crippen LogP contribution < -0.4 is 9.47 Å². The second kappa shape index (κ2) is 12.7. The summed E-state index contributed by atoms with van der Waals surface area (Å²) < 4.78 is 119. The first-order valence-corrected chi connectivity index (χ1v) is 13.6.